The van der Waals surface area contributed by atoms with Gasteiger partial charge in [0.1, 0.15) is 0 Å². The minimum absolute atomic E-state index is 0.0493. The molecule has 2 aromatic carbocycles. The van der Waals surface area contributed by atoms with Crippen molar-refractivity contribution in [1.82, 2.24) is 4.90 Å². The number of amides is 2. The summed E-state index contributed by atoms with van der Waals surface area (Å²) in [6.45, 7) is 5.02. The van der Waals surface area contributed by atoms with E-state index >= 15 is 0 Å². The van der Waals surface area contributed by atoms with E-state index in [4.69, 9.17) is 0 Å². The number of carbonyl (C=O) groups is 2. The van der Waals surface area contributed by atoms with Crippen LogP contribution in [0.25, 0.3) is 0 Å². The molecule has 0 atom stereocenters. The molecular weight excluding hydrogens is 326 g/mol. The Morgan fingerprint density at radius 2 is 1.58 bits per heavy atom. The molecule has 26 heavy (non-hydrogen) atoms. The fraction of sp³-hybridized carbons (Fsp3) is 0.333. The van der Waals surface area contributed by atoms with E-state index in [-0.39, 0.29) is 11.8 Å². The van der Waals surface area contributed by atoms with Gasteiger partial charge < -0.3 is 15.1 Å². The normalized spacial score (nSPS) is 14.2. The number of piperazine rings is 1. The number of hydrogen-bond donors (Lipinski definition) is 1. The van der Waals surface area contributed by atoms with Gasteiger partial charge in [-0.3, -0.25) is 9.59 Å². The van der Waals surface area contributed by atoms with Crippen molar-refractivity contribution in [2.24, 2.45) is 0 Å². The first kappa shape index (κ1) is 18.0. The fourth-order valence-corrected chi connectivity index (χ4v) is 3.14. The monoisotopic (exact) mass is 351 g/mol. The highest BCUT2D eigenvalue weighted by Crippen LogP contribution is 2.20. The zero-order chi connectivity index (χ0) is 18.4. The van der Waals surface area contributed by atoms with E-state index in [1.165, 1.54) is 0 Å². The number of anilines is 2. The lowest BCUT2D eigenvalue weighted by molar-refractivity contribution is -0.116. The van der Waals surface area contributed by atoms with Crippen LogP contribution < -0.4 is 10.2 Å². The largest absolute Gasteiger partial charge is 0.368 e. The van der Waals surface area contributed by atoms with Crippen molar-refractivity contribution in [2.45, 2.75) is 19.8 Å². The van der Waals surface area contributed by atoms with Gasteiger partial charge in [-0.25, -0.2) is 0 Å². The standard InChI is InChI=1S/C21H25N3O2/c1-2-6-20(25)22-18-9-11-19(12-10-18)23-13-15-24(16-14-23)21(26)17-7-4-3-5-8-17/h3-5,7-12H,2,6,13-16H2,1H3,(H,22,25). The van der Waals surface area contributed by atoms with Crippen molar-refractivity contribution in [3.63, 3.8) is 0 Å². The predicted molar refractivity (Wildman–Crippen MR) is 105 cm³/mol. The Hall–Kier alpha value is -2.82. The summed E-state index contributed by atoms with van der Waals surface area (Å²) >= 11 is 0. The molecule has 0 unspecified atom stereocenters. The topological polar surface area (TPSA) is 52.7 Å². The van der Waals surface area contributed by atoms with Crippen LogP contribution in [-0.4, -0.2) is 42.9 Å². The first-order valence-corrected chi connectivity index (χ1v) is 9.16. The second-order valence-electron chi connectivity index (χ2n) is 6.49. The van der Waals surface area contributed by atoms with Gasteiger partial charge in [0.25, 0.3) is 5.91 Å². The molecular formula is C21H25N3O2. The van der Waals surface area contributed by atoms with E-state index in [1.807, 2.05) is 66.4 Å². The molecule has 1 saturated heterocycles. The molecule has 2 amide bonds. The summed E-state index contributed by atoms with van der Waals surface area (Å²) in [5, 5.41) is 2.90. The van der Waals surface area contributed by atoms with Gasteiger partial charge in [0.05, 0.1) is 0 Å². The summed E-state index contributed by atoms with van der Waals surface area (Å²) in [5.41, 5.74) is 2.68. The number of hydrogen-bond acceptors (Lipinski definition) is 3. The molecule has 1 N–H and O–H groups in total. The lowest BCUT2D eigenvalue weighted by Gasteiger charge is -2.36. The number of carbonyl (C=O) groups excluding carboxylic acids is 2. The summed E-state index contributed by atoms with van der Waals surface area (Å²) in [5.74, 6) is 0.146. The Bertz CT molecular complexity index is 736. The van der Waals surface area contributed by atoms with Crippen LogP contribution in [0.3, 0.4) is 0 Å². The maximum absolute atomic E-state index is 12.5. The van der Waals surface area contributed by atoms with Gasteiger partial charge in [0.15, 0.2) is 0 Å². The molecule has 0 radical (unpaired) electrons. The minimum atomic E-state index is 0.0493. The van der Waals surface area contributed by atoms with Crippen molar-refractivity contribution in [1.29, 1.82) is 0 Å². The predicted octanol–water partition coefficient (Wildman–Crippen LogP) is 3.39. The Morgan fingerprint density at radius 1 is 0.923 bits per heavy atom. The summed E-state index contributed by atoms with van der Waals surface area (Å²) in [6, 6.07) is 17.3. The SMILES string of the molecule is CCCC(=O)Nc1ccc(N2CCN(C(=O)c3ccccc3)CC2)cc1. The number of nitrogens with one attached hydrogen (secondary N) is 1. The maximum atomic E-state index is 12.5. The van der Waals surface area contributed by atoms with E-state index in [0.717, 1.165) is 36.4 Å². The summed E-state index contributed by atoms with van der Waals surface area (Å²) in [6.07, 6.45) is 1.38. The molecule has 5 nitrogen and oxygen atoms in total. The maximum Gasteiger partial charge on any atom is 0.253 e. The Kier molecular flexibility index (Phi) is 5.89. The highest BCUT2D eigenvalue weighted by Gasteiger charge is 2.22. The first-order valence-electron chi connectivity index (χ1n) is 9.16. The Balaban J connectivity index is 1.55. The third-order valence-corrected chi connectivity index (χ3v) is 4.58. The van der Waals surface area contributed by atoms with Crippen LogP contribution in [0.2, 0.25) is 0 Å². The molecule has 0 aliphatic carbocycles. The lowest BCUT2D eigenvalue weighted by atomic mass is 10.1. The van der Waals surface area contributed by atoms with E-state index < -0.39 is 0 Å². The smallest absolute Gasteiger partial charge is 0.253 e. The van der Waals surface area contributed by atoms with Crippen LogP contribution in [-0.2, 0) is 4.79 Å². The van der Waals surface area contributed by atoms with Gasteiger partial charge >= 0.3 is 0 Å². The minimum Gasteiger partial charge on any atom is -0.368 e. The van der Waals surface area contributed by atoms with Crippen molar-refractivity contribution >= 4 is 23.2 Å². The van der Waals surface area contributed by atoms with Crippen molar-refractivity contribution < 1.29 is 9.59 Å². The Morgan fingerprint density at radius 3 is 2.19 bits per heavy atom. The third-order valence-electron chi connectivity index (χ3n) is 4.58. The molecule has 0 aromatic heterocycles. The molecule has 5 heteroatoms. The second kappa shape index (κ2) is 8.52. The highest BCUT2D eigenvalue weighted by molar-refractivity contribution is 5.94. The molecule has 0 spiro atoms. The zero-order valence-electron chi connectivity index (χ0n) is 15.1. The zero-order valence-corrected chi connectivity index (χ0v) is 15.1. The fourth-order valence-electron chi connectivity index (χ4n) is 3.14. The van der Waals surface area contributed by atoms with Crippen LogP contribution >= 0.6 is 0 Å². The number of nitrogens with zero attached hydrogens (tertiary/aromatic N) is 2. The van der Waals surface area contributed by atoms with E-state index in [9.17, 15) is 9.59 Å². The van der Waals surface area contributed by atoms with E-state index in [1.54, 1.807) is 0 Å². The Labute approximate surface area is 154 Å². The van der Waals surface area contributed by atoms with Gasteiger partial charge in [-0.2, -0.15) is 0 Å². The van der Waals surface area contributed by atoms with Crippen molar-refractivity contribution in [3.8, 4) is 0 Å². The highest BCUT2D eigenvalue weighted by atomic mass is 16.2. The van der Waals surface area contributed by atoms with Crippen LogP contribution in [0.15, 0.2) is 54.6 Å². The molecule has 0 saturated carbocycles. The van der Waals surface area contributed by atoms with Crippen LogP contribution in [0.1, 0.15) is 30.1 Å². The molecule has 3 rings (SSSR count). The average molecular weight is 351 g/mol. The average Bonchev–Trinajstić information content (AvgIpc) is 2.69. The molecule has 0 bridgehead atoms. The van der Waals surface area contributed by atoms with Gasteiger partial charge in [-0.15, -0.1) is 0 Å². The lowest BCUT2D eigenvalue weighted by Crippen LogP contribution is -2.48. The van der Waals surface area contributed by atoms with Crippen molar-refractivity contribution in [2.75, 3.05) is 36.4 Å². The molecule has 1 aliphatic rings. The van der Waals surface area contributed by atoms with E-state index in [0.29, 0.717) is 19.5 Å². The molecule has 1 heterocycles. The molecule has 136 valence electrons. The summed E-state index contributed by atoms with van der Waals surface area (Å²) < 4.78 is 0. The molecule has 2 aromatic rings. The number of benzene rings is 2. The number of rotatable bonds is 5. The second-order valence-corrected chi connectivity index (χ2v) is 6.49. The third kappa shape index (κ3) is 4.42. The van der Waals surface area contributed by atoms with Crippen LogP contribution in [0, 0.1) is 0 Å². The van der Waals surface area contributed by atoms with Crippen LogP contribution in [0.4, 0.5) is 11.4 Å². The summed E-state index contributed by atoms with van der Waals surface area (Å²) in [7, 11) is 0. The molecule has 1 fully saturated rings. The van der Waals surface area contributed by atoms with Gasteiger partial charge in [0.2, 0.25) is 5.91 Å². The van der Waals surface area contributed by atoms with Gasteiger partial charge in [-0.05, 0) is 42.8 Å². The summed E-state index contributed by atoms with van der Waals surface area (Å²) in [4.78, 5) is 28.3. The van der Waals surface area contributed by atoms with Crippen molar-refractivity contribution in [3.05, 3.63) is 60.2 Å². The van der Waals surface area contributed by atoms with Crippen LogP contribution in [0.5, 0.6) is 0 Å². The quantitative estimate of drug-likeness (QED) is 0.898. The van der Waals surface area contributed by atoms with Gasteiger partial charge in [-0.1, -0.05) is 25.1 Å². The molecule has 1 aliphatic heterocycles. The van der Waals surface area contributed by atoms with Gasteiger partial charge in [0, 0.05) is 49.5 Å². The van der Waals surface area contributed by atoms with E-state index in [2.05, 4.69) is 10.2 Å². The first-order chi connectivity index (χ1) is 12.7.